The number of hydrogen-bond donors (Lipinski definition) is 1. The molecule has 0 aromatic heterocycles. The standard InChI is InChI=1S/C9H6FNO3/c1-14-9(13)5-2-3-7(10)6(4-11)8(5)12/h2-3,12H,1H3. The van der Waals surface area contributed by atoms with E-state index in [9.17, 15) is 14.3 Å². The average Bonchev–Trinajstić information content (AvgIpc) is 2.18. The maximum atomic E-state index is 12.9. The van der Waals surface area contributed by atoms with E-state index in [4.69, 9.17) is 5.26 Å². The van der Waals surface area contributed by atoms with E-state index in [2.05, 4.69) is 4.74 Å². The molecule has 1 aromatic carbocycles. The van der Waals surface area contributed by atoms with Crippen LogP contribution in [0, 0.1) is 17.1 Å². The predicted molar refractivity (Wildman–Crippen MR) is 44.1 cm³/mol. The number of phenols is 1. The van der Waals surface area contributed by atoms with Crippen molar-refractivity contribution in [3.8, 4) is 11.8 Å². The van der Waals surface area contributed by atoms with Crippen LogP contribution in [-0.2, 0) is 4.74 Å². The molecule has 0 aliphatic heterocycles. The smallest absolute Gasteiger partial charge is 0.341 e. The first-order valence-electron chi connectivity index (χ1n) is 3.61. The second kappa shape index (κ2) is 3.75. The number of ether oxygens (including phenoxy) is 1. The van der Waals surface area contributed by atoms with Gasteiger partial charge < -0.3 is 9.84 Å². The van der Waals surface area contributed by atoms with Crippen molar-refractivity contribution in [1.82, 2.24) is 0 Å². The molecule has 5 heteroatoms. The number of nitrogens with zero attached hydrogens (tertiary/aromatic N) is 1. The number of esters is 1. The fourth-order valence-electron chi connectivity index (χ4n) is 0.948. The largest absolute Gasteiger partial charge is 0.506 e. The Morgan fingerprint density at radius 3 is 2.79 bits per heavy atom. The molecular weight excluding hydrogens is 189 g/mol. The van der Waals surface area contributed by atoms with Crippen LogP contribution >= 0.6 is 0 Å². The molecule has 1 N–H and O–H groups in total. The quantitative estimate of drug-likeness (QED) is 0.683. The second-order valence-corrected chi connectivity index (χ2v) is 2.42. The van der Waals surface area contributed by atoms with Gasteiger partial charge in [-0.2, -0.15) is 5.26 Å². The van der Waals surface area contributed by atoms with Gasteiger partial charge in [0.2, 0.25) is 0 Å². The number of methoxy groups -OCH3 is 1. The van der Waals surface area contributed by atoms with Gasteiger partial charge in [-0.3, -0.25) is 0 Å². The molecule has 1 aromatic rings. The molecule has 0 saturated heterocycles. The van der Waals surface area contributed by atoms with Gasteiger partial charge in [0.05, 0.1) is 7.11 Å². The summed E-state index contributed by atoms with van der Waals surface area (Å²) in [5.74, 6) is -2.39. The van der Waals surface area contributed by atoms with Crippen molar-refractivity contribution in [2.24, 2.45) is 0 Å². The van der Waals surface area contributed by atoms with E-state index in [-0.39, 0.29) is 5.56 Å². The highest BCUT2D eigenvalue weighted by molar-refractivity contribution is 5.93. The Bertz CT molecular complexity index is 423. The molecule has 0 spiro atoms. The number of aromatic hydroxyl groups is 1. The van der Waals surface area contributed by atoms with Crippen LogP contribution in [-0.4, -0.2) is 18.2 Å². The molecule has 0 atom stereocenters. The first-order chi connectivity index (χ1) is 6.61. The third-order valence-corrected chi connectivity index (χ3v) is 1.64. The van der Waals surface area contributed by atoms with Gasteiger partial charge in [-0.1, -0.05) is 0 Å². The number of nitriles is 1. The summed E-state index contributed by atoms with van der Waals surface area (Å²) in [6.07, 6.45) is 0. The van der Waals surface area contributed by atoms with Gasteiger partial charge >= 0.3 is 5.97 Å². The minimum absolute atomic E-state index is 0.231. The normalized spacial score (nSPS) is 9.21. The molecule has 0 saturated carbocycles. The summed E-state index contributed by atoms with van der Waals surface area (Å²) in [4.78, 5) is 11.0. The number of benzene rings is 1. The van der Waals surface area contributed by atoms with E-state index in [0.29, 0.717) is 0 Å². The van der Waals surface area contributed by atoms with Crippen LogP contribution in [0.4, 0.5) is 4.39 Å². The molecule has 0 aliphatic carbocycles. The Hall–Kier alpha value is -2.09. The second-order valence-electron chi connectivity index (χ2n) is 2.42. The van der Waals surface area contributed by atoms with Crippen molar-refractivity contribution >= 4 is 5.97 Å². The first kappa shape index (κ1) is 9.99. The third-order valence-electron chi connectivity index (χ3n) is 1.64. The van der Waals surface area contributed by atoms with Crippen molar-refractivity contribution in [1.29, 1.82) is 5.26 Å². The Kier molecular flexibility index (Phi) is 2.67. The molecule has 14 heavy (non-hydrogen) atoms. The topological polar surface area (TPSA) is 70.3 Å². The average molecular weight is 195 g/mol. The minimum Gasteiger partial charge on any atom is -0.506 e. The minimum atomic E-state index is -0.877. The Morgan fingerprint density at radius 2 is 2.29 bits per heavy atom. The lowest BCUT2D eigenvalue weighted by molar-refractivity contribution is 0.0597. The monoisotopic (exact) mass is 195 g/mol. The number of carbonyl (C=O) groups excluding carboxylic acids is 1. The van der Waals surface area contributed by atoms with Crippen LogP contribution in [0.5, 0.6) is 5.75 Å². The van der Waals surface area contributed by atoms with E-state index in [0.717, 1.165) is 19.2 Å². The summed E-state index contributed by atoms with van der Waals surface area (Å²) in [6, 6.07) is 3.42. The van der Waals surface area contributed by atoms with Gasteiger partial charge in [-0.05, 0) is 12.1 Å². The molecule has 0 amide bonds. The van der Waals surface area contributed by atoms with E-state index >= 15 is 0 Å². The van der Waals surface area contributed by atoms with Crippen molar-refractivity contribution in [2.75, 3.05) is 7.11 Å². The van der Waals surface area contributed by atoms with Gasteiger partial charge in [-0.25, -0.2) is 9.18 Å². The molecule has 0 aliphatic rings. The van der Waals surface area contributed by atoms with Gasteiger partial charge in [0.1, 0.15) is 23.0 Å². The molecule has 4 nitrogen and oxygen atoms in total. The highest BCUT2D eigenvalue weighted by Gasteiger charge is 2.17. The fourth-order valence-corrected chi connectivity index (χ4v) is 0.948. The molecule has 0 unspecified atom stereocenters. The first-order valence-corrected chi connectivity index (χ1v) is 3.61. The molecule has 72 valence electrons. The van der Waals surface area contributed by atoms with Crippen LogP contribution in [0.2, 0.25) is 0 Å². The summed E-state index contributed by atoms with van der Waals surface area (Å²) >= 11 is 0. The summed E-state index contributed by atoms with van der Waals surface area (Å²) in [7, 11) is 1.12. The zero-order valence-electron chi connectivity index (χ0n) is 7.24. The molecule has 1 rings (SSSR count). The summed E-state index contributed by atoms with van der Waals surface area (Å²) in [6.45, 7) is 0. The van der Waals surface area contributed by atoms with E-state index in [1.165, 1.54) is 6.07 Å². The number of phenolic OH excluding ortho intramolecular Hbond substituents is 1. The number of halogens is 1. The Balaban J connectivity index is 3.37. The third kappa shape index (κ3) is 1.50. The molecule has 0 bridgehead atoms. The van der Waals surface area contributed by atoms with Crippen LogP contribution in [0.3, 0.4) is 0 Å². The molecule has 0 radical (unpaired) electrons. The van der Waals surface area contributed by atoms with E-state index in [1.54, 1.807) is 0 Å². The highest BCUT2D eigenvalue weighted by Crippen LogP contribution is 2.24. The summed E-state index contributed by atoms with van der Waals surface area (Å²) < 4.78 is 17.2. The Labute approximate surface area is 79.2 Å². The summed E-state index contributed by atoms with van der Waals surface area (Å²) in [5, 5.41) is 17.8. The van der Waals surface area contributed by atoms with Crippen LogP contribution in [0.25, 0.3) is 0 Å². The number of carbonyl (C=O) groups is 1. The lowest BCUT2D eigenvalue weighted by Gasteiger charge is -2.03. The van der Waals surface area contributed by atoms with Crippen LogP contribution < -0.4 is 0 Å². The SMILES string of the molecule is COC(=O)c1ccc(F)c(C#N)c1O. The van der Waals surface area contributed by atoms with Gasteiger partial charge in [0, 0.05) is 0 Å². The number of rotatable bonds is 1. The zero-order valence-corrected chi connectivity index (χ0v) is 7.24. The van der Waals surface area contributed by atoms with Crippen LogP contribution in [0.1, 0.15) is 15.9 Å². The van der Waals surface area contributed by atoms with Gasteiger partial charge in [-0.15, -0.1) is 0 Å². The fraction of sp³-hybridized carbons (Fsp3) is 0.111. The van der Waals surface area contributed by atoms with Crippen molar-refractivity contribution in [3.63, 3.8) is 0 Å². The maximum Gasteiger partial charge on any atom is 0.341 e. The lowest BCUT2D eigenvalue weighted by atomic mass is 10.1. The predicted octanol–water partition coefficient (Wildman–Crippen LogP) is 1.19. The van der Waals surface area contributed by atoms with E-state index in [1.807, 2.05) is 0 Å². The summed E-state index contributed by atoms with van der Waals surface area (Å²) in [5.41, 5.74) is -0.793. The van der Waals surface area contributed by atoms with Crippen LogP contribution in [0.15, 0.2) is 12.1 Å². The lowest BCUT2D eigenvalue weighted by Crippen LogP contribution is -2.03. The maximum absolute atomic E-state index is 12.9. The molecule has 0 fully saturated rings. The van der Waals surface area contributed by atoms with Crippen molar-refractivity contribution < 1.29 is 19.0 Å². The van der Waals surface area contributed by atoms with E-state index < -0.39 is 23.1 Å². The molecule has 0 heterocycles. The van der Waals surface area contributed by atoms with Gasteiger partial charge in [0.15, 0.2) is 5.75 Å². The zero-order chi connectivity index (χ0) is 10.7. The number of hydrogen-bond acceptors (Lipinski definition) is 4. The van der Waals surface area contributed by atoms with Crippen molar-refractivity contribution in [2.45, 2.75) is 0 Å². The Morgan fingerprint density at radius 1 is 1.64 bits per heavy atom. The molecular formula is C9H6FNO3. The van der Waals surface area contributed by atoms with Gasteiger partial charge in [0.25, 0.3) is 0 Å². The van der Waals surface area contributed by atoms with Crippen molar-refractivity contribution in [3.05, 3.63) is 29.1 Å². The highest BCUT2D eigenvalue weighted by atomic mass is 19.1.